The predicted octanol–water partition coefficient (Wildman–Crippen LogP) is 3.97. The maximum atomic E-state index is 12.5. The van der Waals surface area contributed by atoms with E-state index in [9.17, 15) is 9.59 Å². The van der Waals surface area contributed by atoms with Crippen molar-refractivity contribution in [2.75, 3.05) is 12.4 Å². The molecule has 1 amide bonds. The van der Waals surface area contributed by atoms with Crippen LogP contribution in [0.5, 0.6) is 11.5 Å². The number of benzene rings is 2. The van der Waals surface area contributed by atoms with E-state index < -0.39 is 5.97 Å². The summed E-state index contributed by atoms with van der Waals surface area (Å²) in [5.41, 5.74) is 0.362. The Balaban J connectivity index is 1.78. The molecule has 0 bridgehead atoms. The lowest BCUT2D eigenvalue weighted by molar-refractivity contribution is 0.0606. The second-order valence-electron chi connectivity index (χ2n) is 4.89. The molecule has 0 aliphatic rings. The number of hydrogen-bond acceptors (Lipinski definition) is 6. The number of nitrogens with zero attached hydrogens (tertiary/aromatic N) is 1. The summed E-state index contributed by atoms with van der Waals surface area (Å²) in [6.45, 7) is 0. The van der Waals surface area contributed by atoms with E-state index in [4.69, 9.17) is 4.74 Å². The van der Waals surface area contributed by atoms with E-state index in [2.05, 4.69) is 15.0 Å². The SMILES string of the molecule is COC(=O)c1cnc(NC(=O)c2ccccc2Oc2ccccc2)s1. The lowest BCUT2D eigenvalue weighted by atomic mass is 10.2. The van der Waals surface area contributed by atoms with Crippen LogP contribution in [0.2, 0.25) is 0 Å². The summed E-state index contributed by atoms with van der Waals surface area (Å²) in [6, 6.07) is 16.1. The number of thiazole rings is 1. The van der Waals surface area contributed by atoms with Crippen molar-refractivity contribution < 1.29 is 19.1 Å². The summed E-state index contributed by atoms with van der Waals surface area (Å²) in [4.78, 5) is 28.3. The van der Waals surface area contributed by atoms with Crippen molar-refractivity contribution in [3.05, 3.63) is 71.2 Å². The highest BCUT2D eigenvalue weighted by Crippen LogP contribution is 2.26. The number of nitrogens with one attached hydrogen (secondary N) is 1. The molecule has 0 aliphatic heterocycles. The van der Waals surface area contributed by atoms with Crippen molar-refractivity contribution in [2.24, 2.45) is 0 Å². The van der Waals surface area contributed by atoms with Gasteiger partial charge < -0.3 is 9.47 Å². The Morgan fingerprint density at radius 1 is 1.04 bits per heavy atom. The van der Waals surface area contributed by atoms with E-state index in [1.165, 1.54) is 13.3 Å². The zero-order valence-electron chi connectivity index (χ0n) is 13.3. The van der Waals surface area contributed by atoms with Crippen molar-refractivity contribution in [3.63, 3.8) is 0 Å². The number of carbonyl (C=O) groups excluding carboxylic acids is 2. The van der Waals surface area contributed by atoms with Gasteiger partial charge in [0.05, 0.1) is 18.9 Å². The maximum absolute atomic E-state index is 12.5. The first-order valence-electron chi connectivity index (χ1n) is 7.35. The van der Waals surface area contributed by atoms with E-state index in [1.54, 1.807) is 36.4 Å². The first-order chi connectivity index (χ1) is 12.2. The zero-order valence-corrected chi connectivity index (χ0v) is 14.1. The number of methoxy groups -OCH3 is 1. The molecule has 126 valence electrons. The normalized spacial score (nSPS) is 10.1. The van der Waals surface area contributed by atoms with Crippen LogP contribution in [0.15, 0.2) is 60.8 Å². The lowest BCUT2D eigenvalue weighted by Gasteiger charge is -2.10. The third-order valence-corrected chi connectivity index (χ3v) is 4.11. The topological polar surface area (TPSA) is 77.5 Å². The van der Waals surface area contributed by atoms with Gasteiger partial charge in [-0.2, -0.15) is 0 Å². The number of carbonyl (C=O) groups is 2. The van der Waals surface area contributed by atoms with Crippen molar-refractivity contribution in [1.82, 2.24) is 4.98 Å². The molecule has 1 heterocycles. The summed E-state index contributed by atoms with van der Waals surface area (Å²) >= 11 is 1.04. The van der Waals surface area contributed by atoms with Gasteiger partial charge in [0, 0.05) is 0 Å². The van der Waals surface area contributed by atoms with Crippen LogP contribution >= 0.6 is 11.3 Å². The standard InChI is InChI=1S/C18H14N2O4S/c1-23-17(22)15-11-19-18(25-15)20-16(21)13-9-5-6-10-14(13)24-12-7-3-2-4-8-12/h2-11H,1H3,(H,19,20,21). The average Bonchev–Trinajstić information content (AvgIpc) is 3.11. The summed E-state index contributed by atoms with van der Waals surface area (Å²) in [5, 5.41) is 2.97. The smallest absolute Gasteiger partial charge is 0.349 e. The average molecular weight is 354 g/mol. The number of rotatable bonds is 5. The Morgan fingerprint density at radius 2 is 1.76 bits per heavy atom. The fourth-order valence-electron chi connectivity index (χ4n) is 2.05. The molecule has 0 radical (unpaired) electrons. The Hall–Kier alpha value is -3.19. The van der Waals surface area contributed by atoms with E-state index in [-0.39, 0.29) is 5.91 Å². The van der Waals surface area contributed by atoms with Gasteiger partial charge in [-0.15, -0.1) is 0 Å². The molecule has 0 unspecified atom stereocenters. The number of ether oxygens (including phenoxy) is 2. The summed E-state index contributed by atoms with van der Waals surface area (Å²) in [6.07, 6.45) is 1.36. The summed E-state index contributed by atoms with van der Waals surface area (Å²) in [5.74, 6) is 0.184. The lowest BCUT2D eigenvalue weighted by Crippen LogP contribution is -2.12. The van der Waals surface area contributed by atoms with Gasteiger partial charge >= 0.3 is 5.97 Å². The molecule has 1 aromatic heterocycles. The molecular weight excluding hydrogens is 340 g/mol. The number of esters is 1. The number of anilines is 1. The zero-order chi connectivity index (χ0) is 17.6. The van der Waals surface area contributed by atoms with Gasteiger partial charge in [0.25, 0.3) is 5.91 Å². The number of aromatic nitrogens is 1. The van der Waals surface area contributed by atoms with Gasteiger partial charge in [0.2, 0.25) is 0 Å². The van der Waals surface area contributed by atoms with Gasteiger partial charge in [0.15, 0.2) is 5.13 Å². The van der Waals surface area contributed by atoms with Gasteiger partial charge in [0.1, 0.15) is 16.4 Å². The third-order valence-electron chi connectivity index (χ3n) is 3.22. The molecule has 6 nitrogen and oxygen atoms in total. The Kier molecular flexibility index (Phi) is 5.06. The number of para-hydroxylation sites is 2. The predicted molar refractivity (Wildman–Crippen MR) is 94.4 cm³/mol. The molecular formula is C18H14N2O4S. The van der Waals surface area contributed by atoms with Crippen LogP contribution in [0.3, 0.4) is 0 Å². The van der Waals surface area contributed by atoms with Crippen LogP contribution in [0.1, 0.15) is 20.0 Å². The van der Waals surface area contributed by atoms with Crippen molar-refractivity contribution in [1.29, 1.82) is 0 Å². The number of hydrogen-bond donors (Lipinski definition) is 1. The van der Waals surface area contributed by atoms with Crippen LogP contribution < -0.4 is 10.1 Å². The van der Waals surface area contributed by atoms with Crippen LogP contribution in [0.25, 0.3) is 0 Å². The van der Waals surface area contributed by atoms with Gasteiger partial charge in [-0.3, -0.25) is 10.1 Å². The minimum absolute atomic E-state index is 0.305. The Bertz CT molecular complexity index is 893. The highest BCUT2D eigenvalue weighted by atomic mass is 32.1. The fraction of sp³-hybridized carbons (Fsp3) is 0.0556. The van der Waals surface area contributed by atoms with Crippen molar-refractivity contribution in [3.8, 4) is 11.5 Å². The van der Waals surface area contributed by atoms with E-state index in [0.29, 0.717) is 27.1 Å². The largest absolute Gasteiger partial charge is 0.465 e. The molecule has 0 saturated heterocycles. The van der Waals surface area contributed by atoms with Crippen LogP contribution in [0.4, 0.5) is 5.13 Å². The van der Waals surface area contributed by atoms with Crippen molar-refractivity contribution >= 4 is 28.3 Å². The molecule has 0 spiro atoms. The minimum atomic E-state index is -0.495. The summed E-state index contributed by atoms with van der Waals surface area (Å²) < 4.78 is 10.4. The van der Waals surface area contributed by atoms with E-state index in [0.717, 1.165) is 11.3 Å². The molecule has 0 atom stereocenters. The molecule has 25 heavy (non-hydrogen) atoms. The highest BCUT2D eigenvalue weighted by Gasteiger charge is 2.16. The second-order valence-corrected chi connectivity index (χ2v) is 5.92. The molecule has 1 N–H and O–H groups in total. The monoisotopic (exact) mass is 354 g/mol. The van der Waals surface area contributed by atoms with Crippen LogP contribution in [-0.4, -0.2) is 24.0 Å². The molecule has 0 aliphatic carbocycles. The van der Waals surface area contributed by atoms with Gasteiger partial charge in [-0.25, -0.2) is 9.78 Å². The molecule has 7 heteroatoms. The third kappa shape index (κ3) is 4.02. The van der Waals surface area contributed by atoms with Gasteiger partial charge in [-0.1, -0.05) is 41.7 Å². The molecule has 3 aromatic rings. The Labute approximate surface area is 148 Å². The molecule has 0 fully saturated rings. The van der Waals surface area contributed by atoms with Crippen molar-refractivity contribution in [2.45, 2.75) is 0 Å². The first-order valence-corrected chi connectivity index (χ1v) is 8.16. The summed E-state index contributed by atoms with van der Waals surface area (Å²) in [7, 11) is 1.29. The highest BCUT2D eigenvalue weighted by molar-refractivity contribution is 7.17. The number of amides is 1. The first kappa shape index (κ1) is 16.7. The minimum Gasteiger partial charge on any atom is -0.465 e. The molecule has 3 rings (SSSR count). The maximum Gasteiger partial charge on any atom is 0.349 e. The Morgan fingerprint density at radius 3 is 2.52 bits per heavy atom. The molecule has 2 aromatic carbocycles. The van der Waals surface area contributed by atoms with E-state index in [1.807, 2.05) is 18.2 Å². The van der Waals surface area contributed by atoms with Crippen LogP contribution in [-0.2, 0) is 4.74 Å². The van der Waals surface area contributed by atoms with Crippen LogP contribution in [0, 0.1) is 0 Å². The quantitative estimate of drug-likeness (QED) is 0.702. The fourth-order valence-corrected chi connectivity index (χ4v) is 2.78. The second kappa shape index (κ2) is 7.59. The van der Waals surface area contributed by atoms with E-state index >= 15 is 0 Å². The van der Waals surface area contributed by atoms with Gasteiger partial charge in [-0.05, 0) is 24.3 Å². The molecule has 0 saturated carbocycles.